The smallest absolute Gasteiger partial charge is 0.325 e. The van der Waals surface area contributed by atoms with Crippen molar-refractivity contribution in [2.45, 2.75) is 17.4 Å². The lowest BCUT2D eigenvalue weighted by molar-refractivity contribution is -0.139. The van der Waals surface area contributed by atoms with Gasteiger partial charge in [-0.15, -0.1) is 0 Å². The van der Waals surface area contributed by atoms with Gasteiger partial charge in [-0.25, -0.2) is 17.6 Å². The molecule has 0 aromatic heterocycles. The molecule has 0 aliphatic carbocycles. The Kier molecular flexibility index (Phi) is 6.20. The first-order chi connectivity index (χ1) is 17.6. The first kappa shape index (κ1) is 24.8. The van der Waals surface area contributed by atoms with Gasteiger partial charge in [0.2, 0.25) is 15.9 Å². The van der Waals surface area contributed by atoms with Gasteiger partial charge in [-0.2, -0.15) is 4.31 Å². The monoisotopic (exact) mass is 524 g/mol. The number of fused-ring (bicyclic) bond motifs is 1. The predicted molar refractivity (Wildman–Crippen MR) is 133 cm³/mol. The first-order valence-corrected chi connectivity index (χ1v) is 13.2. The number of carbonyl (C=O) groups excluding carboxylic acids is 3. The molecule has 0 spiro atoms. The van der Waals surface area contributed by atoms with E-state index < -0.39 is 50.7 Å². The first-order valence-electron chi connectivity index (χ1n) is 11.8. The molecule has 0 saturated carbocycles. The number of sulfonamides is 1. The van der Waals surface area contributed by atoms with Gasteiger partial charge in [-0.05, 0) is 41.5 Å². The zero-order valence-electron chi connectivity index (χ0n) is 20.1. The molecule has 5 rings (SSSR count). The molecule has 0 unspecified atom stereocenters. The quantitative estimate of drug-likeness (QED) is 0.516. The van der Waals surface area contributed by atoms with Crippen LogP contribution in [0, 0.1) is 5.82 Å². The molecule has 3 aromatic rings. The summed E-state index contributed by atoms with van der Waals surface area (Å²) in [4.78, 5) is 40.9. The lowest BCUT2D eigenvalue weighted by Crippen LogP contribution is -2.53. The Balaban J connectivity index is 1.26. The number of amides is 4. The molecular weight excluding hydrogens is 499 g/mol. The number of hydrogen-bond donors (Lipinski definition) is 1. The topological polar surface area (TPSA) is 107 Å². The molecule has 3 aromatic carbocycles. The van der Waals surface area contributed by atoms with E-state index >= 15 is 0 Å². The van der Waals surface area contributed by atoms with Crippen molar-refractivity contribution in [2.24, 2.45) is 0 Å². The maximum atomic E-state index is 14.1. The van der Waals surface area contributed by atoms with E-state index in [1.165, 1.54) is 23.1 Å². The molecule has 2 heterocycles. The van der Waals surface area contributed by atoms with Crippen LogP contribution in [0.25, 0.3) is 10.8 Å². The third kappa shape index (κ3) is 4.34. The highest BCUT2D eigenvalue weighted by molar-refractivity contribution is 7.89. The van der Waals surface area contributed by atoms with Gasteiger partial charge in [-0.3, -0.25) is 14.5 Å². The second-order valence-electron chi connectivity index (χ2n) is 9.22. The van der Waals surface area contributed by atoms with Gasteiger partial charge in [0, 0.05) is 26.2 Å². The summed E-state index contributed by atoms with van der Waals surface area (Å²) < 4.78 is 40.8. The second-order valence-corrected chi connectivity index (χ2v) is 11.1. The van der Waals surface area contributed by atoms with Gasteiger partial charge in [0.1, 0.15) is 22.8 Å². The Bertz CT molecular complexity index is 1520. The lowest BCUT2D eigenvalue weighted by atomic mass is 9.90. The van der Waals surface area contributed by atoms with Crippen molar-refractivity contribution in [3.63, 3.8) is 0 Å². The summed E-state index contributed by atoms with van der Waals surface area (Å²) in [6.07, 6.45) is 0. The fraction of sp³-hybridized carbons (Fsp3) is 0.269. The van der Waals surface area contributed by atoms with E-state index in [1.54, 1.807) is 13.0 Å². The highest BCUT2D eigenvalue weighted by Gasteiger charge is 2.50. The number of piperazine rings is 1. The molecule has 9 nitrogen and oxygen atoms in total. The molecule has 2 aliphatic heterocycles. The Hall–Kier alpha value is -3.83. The third-order valence-electron chi connectivity index (χ3n) is 6.94. The highest BCUT2D eigenvalue weighted by Crippen LogP contribution is 2.31. The van der Waals surface area contributed by atoms with Crippen LogP contribution in [0.15, 0.2) is 71.6 Å². The van der Waals surface area contributed by atoms with Crippen molar-refractivity contribution in [2.75, 3.05) is 32.7 Å². The Labute approximate surface area is 213 Å². The zero-order valence-corrected chi connectivity index (χ0v) is 20.9. The van der Waals surface area contributed by atoms with Gasteiger partial charge in [0.15, 0.2) is 0 Å². The number of imide groups is 1. The number of carbonyl (C=O) groups is 3. The zero-order chi connectivity index (χ0) is 26.4. The van der Waals surface area contributed by atoms with Gasteiger partial charge in [0.25, 0.3) is 5.91 Å². The van der Waals surface area contributed by atoms with Gasteiger partial charge in [0.05, 0.1) is 0 Å². The van der Waals surface area contributed by atoms with Crippen molar-refractivity contribution in [3.05, 3.63) is 78.1 Å². The van der Waals surface area contributed by atoms with Crippen molar-refractivity contribution in [1.82, 2.24) is 19.4 Å². The SMILES string of the molecule is C[C@@]1(c2ccc3ccccc3c2)NC(=O)N(CC(=O)N2CCN(S(=O)(=O)c3ccccc3F)CC2)C1=O. The summed E-state index contributed by atoms with van der Waals surface area (Å²) >= 11 is 0. The fourth-order valence-electron chi connectivity index (χ4n) is 4.74. The number of rotatable bonds is 5. The van der Waals surface area contributed by atoms with Crippen LogP contribution >= 0.6 is 0 Å². The molecular formula is C26H25FN4O5S. The minimum absolute atomic E-state index is 0.0304. The summed E-state index contributed by atoms with van der Waals surface area (Å²) in [7, 11) is -4.05. The number of halogens is 1. The van der Waals surface area contributed by atoms with Crippen LogP contribution in [0.2, 0.25) is 0 Å². The van der Waals surface area contributed by atoms with Crippen LogP contribution in [-0.4, -0.2) is 73.1 Å². The van der Waals surface area contributed by atoms with Crippen LogP contribution in [0.4, 0.5) is 9.18 Å². The summed E-state index contributed by atoms with van der Waals surface area (Å²) in [5.41, 5.74) is -0.722. The molecule has 1 atom stereocenters. The van der Waals surface area contributed by atoms with Crippen LogP contribution in [0.3, 0.4) is 0 Å². The summed E-state index contributed by atoms with van der Waals surface area (Å²) in [6.45, 7) is 1.19. The molecule has 192 valence electrons. The number of nitrogens with zero attached hydrogens (tertiary/aromatic N) is 3. The Morgan fingerprint density at radius 3 is 2.30 bits per heavy atom. The molecule has 37 heavy (non-hydrogen) atoms. The van der Waals surface area contributed by atoms with Crippen LogP contribution in [0.5, 0.6) is 0 Å². The van der Waals surface area contributed by atoms with E-state index in [4.69, 9.17) is 0 Å². The summed E-state index contributed by atoms with van der Waals surface area (Å²) in [5.74, 6) is -1.86. The predicted octanol–water partition coefficient (Wildman–Crippen LogP) is 2.28. The van der Waals surface area contributed by atoms with Crippen LogP contribution in [0.1, 0.15) is 12.5 Å². The number of urea groups is 1. The van der Waals surface area contributed by atoms with E-state index in [0.29, 0.717) is 5.56 Å². The van der Waals surface area contributed by atoms with Crippen LogP contribution in [-0.2, 0) is 25.2 Å². The number of hydrogen-bond acceptors (Lipinski definition) is 5. The summed E-state index contributed by atoms with van der Waals surface area (Å²) in [5, 5.41) is 4.63. The molecule has 2 saturated heterocycles. The molecule has 0 radical (unpaired) electrons. The van der Waals surface area contributed by atoms with E-state index in [-0.39, 0.29) is 26.2 Å². The minimum Gasteiger partial charge on any atom is -0.338 e. The second kappa shape index (κ2) is 9.24. The average Bonchev–Trinajstić information content (AvgIpc) is 3.12. The van der Waals surface area contributed by atoms with E-state index in [0.717, 1.165) is 26.0 Å². The van der Waals surface area contributed by atoms with Gasteiger partial charge in [-0.1, -0.05) is 48.5 Å². The molecule has 1 N–H and O–H groups in total. The Morgan fingerprint density at radius 2 is 1.59 bits per heavy atom. The van der Waals surface area contributed by atoms with E-state index in [1.807, 2.05) is 36.4 Å². The number of benzene rings is 3. The standard InChI is InChI=1S/C26H25FN4O5S/c1-26(20-11-10-18-6-2-3-7-19(18)16-20)24(33)31(25(34)28-26)17-23(32)29-12-14-30(15-13-29)37(35,36)22-9-5-4-8-21(22)27/h2-11,16H,12-15,17H2,1H3,(H,28,34)/t26-/m0/s1. The normalized spacial score (nSPS) is 20.9. The largest absolute Gasteiger partial charge is 0.338 e. The number of nitrogens with one attached hydrogen (secondary N) is 1. The van der Waals surface area contributed by atoms with Crippen molar-refractivity contribution in [3.8, 4) is 0 Å². The summed E-state index contributed by atoms with van der Waals surface area (Å²) in [6, 6.07) is 17.6. The van der Waals surface area contributed by atoms with E-state index in [2.05, 4.69) is 5.32 Å². The average molecular weight is 525 g/mol. The minimum atomic E-state index is -4.05. The van der Waals surface area contributed by atoms with Crippen molar-refractivity contribution >= 4 is 38.6 Å². The molecule has 2 aliphatic rings. The molecule has 2 fully saturated rings. The van der Waals surface area contributed by atoms with Crippen molar-refractivity contribution in [1.29, 1.82) is 0 Å². The van der Waals surface area contributed by atoms with Crippen LogP contribution < -0.4 is 5.32 Å². The van der Waals surface area contributed by atoms with Gasteiger partial charge >= 0.3 is 6.03 Å². The Morgan fingerprint density at radius 1 is 0.946 bits per heavy atom. The highest BCUT2D eigenvalue weighted by atomic mass is 32.2. The van der Waals surface area contributed by atoms with E-state index in [9.17, 15) is 27.2 Å². The fourth-order valence-corrected chi connectivity index (χ4v) is 6.23. The molecule has 4 amide bonds. The maximum Gasteiger partial charge on any atom is 0.325 e. The van der Waals surface area contributed by atoms with Gasteiger partial charge < -0.3 is 10.2 Å². The lowest BCUT2D eigenvalue weighted by Gasteiger charge is -2.34. The maximum absolute atomic E-state index is 14.1. The van der Waals surface area contributed by atoms with Crippen molar-refractivity contribution < 1.29 is 27.2 Å². The molecule has 11 heteroatoms. The molecule has 0 bridgehead atoms. The third-order valence-corrected chi connectivity index (χ3v) is 8.87.